The zero-order valence-corrected chi connectivity index (χ0v) is 17.2. The number of aliphatic hydroxyl groups is 2. The molecule has 1 aliphatic rings. The zero-order chi connectivity index (χ0) is 21.7. The van der Waals surface area contributed by atoms with Crippen LogP contribution < -0.4 is 5.32 Å². The van der Waals surface area contributed by atoms with Crippen molar-refractivity contribution in [2.24, 2.45) is 5.92 Å². The number of anilines is 1. The van der Waals surface area contributed by atoms with Gasteiger partial charge in [0, 0.05) is 24.2 Å². The number of ketones is 1. The van der Waals surface area contributed by atoms with Gasteiger partial charge < -0.3 is 25.4 Å². The highest BCUT2D eigenvalue weighted by atomic mass is 16.5. The molecular formula is C22H29NO6. The first-order valence-electron chi connectivity index (χ1n) is 9.72. The van der Waals surface area contributed by atoms with E-state index in [0.717, 1.165) is 0 Å². The number of nitrogens with one attached hydrogen (secondary N) is 1. The Hall–Kier alpha value is -2.64. The van der Waals surface area contributed by atoms with Gasteiger partial charge in [-0.3, -0.25) is 4.79 Å². The Morgan fingerprint density at radius 1 is 1.21 bits per heavy atom. The number of carbonyl (C=O) groups is 2. The van der Waals surface area contributed by atoms with Crippen molar-refractivity contribution >= 4 is 23.0 Å². The topological polar surface area (TPSA) is 116 Å². The van der Waals surface area contributed by atoms with Crippen molar-refractivity contribution in [1.82, 2.24) is 0 Å². The van der Waals surface area contributed by atoms with Crippen LogP contribution in [0.25, 0.3) is 5.57 Å². The Bertz CT molecular complexity index is 829. The van der Waals surface area contributed by atoms with Gasteiger partial charge in [0.15, 0.2) is 5.78 Å². The van der Waals surface area contributed by atoms with E-state index in [1.807, 2.05) is 6.92 Å². The number of hydrogen-bond acceptors (Lipinski definition) is 7. The number of carbonyl (C=O) groups excluding carboxylic acids is 2. The van der Waals surface area contributed by atoms with E-state index < -0.39 is 30.1 Å². The van der Waals surface area contributed by atoms with Crippen LogP contribution in [0.1, 0.15) is 50.0 Å². The van der Waals surface area contributed by atoms with Crippen LogP contribution in [0.15, 0.2) is 30.4 Å². The normalized spacial score (nSPS) is 29.1. The van der Waals surface area contributed by atoms with E-state index in [1.54, 1.807) is 32.9 Å². The highest BCUT2D eigenvalue weighted by Gasteiger charge is 2.26. The summed E-state index contributed by atoms with van der Waals surface area (Å²) in [6.07, 6.45) is 0.908. The molecule has 0 bridgehead atoms. The van der Waals surface area contributed by atoms with Crippen LogP contribution in [-0.2, 0) is 9.53 Å². The Morgan fingerprint density at radius 3 is 2.55 bits per heavy atom. The lowest BCUT2D eigenvalue weighted by atomic mass is 9.95. The molecule has 0 aromatic heterocycles. The minimum atomic E-state index is -1.55. The van der Waals surface area contributed by atoms with Crippen molar-refractivity contribution in [3.8, 4) is 5.75 Å². The average molecular weight is 403 g/mol. The van der Waals surface area contributed by atoms with Crippen LogP contribution in [0.3, 0.4) is 0 Å². The van der Waals surface area contributed by atoms with Crippen LogP contribution in [0, 0.1) is 5.92 Å². The molecule has 29 heavy (non-hydrogen) atoms. The lowest BCUT2D eigenvalue weighted by Gasteiger charge is -2.21. The van der Waals surface area contributed by atoms with Gasteiger partial charge in [-0.25, -0.2) is 4.79 Å². The second kappa shape index (κ2) is 9.71. The predicted molar refractivity (Wildman–Crippen MR) is 111 cm³/mol. The second-order valence-electron chi connectivity index (χ2n) is 7.31. The quantitative estimate of drug-likeness (QED) is 0.561. The number of phenols is 1. The number of rotatable bonds is 2. The minimum Gasteiger partial charge on any atom is -0.507 e. The van der Waals surface area contributed by atoms with E-state index in [9.17, 15) is 24.9 Å². The number of benzene rings is 1. The fourth-order valence-electron chi connectivity index (χ4n) is 3.02. The average Bonchev–Trinajstić information content (AvgIpc) is 2.67. The number of esters is 1. The molecule has 4 atom stereocenters. The number of phenolic OH excluding ortho intramolecular Hbond substituents is 1. The van der Waals surface area contributed by atoms with E-state index >= 15 is 0 Å². The molecule has 0 saturated carbocycles. The van der Waals surface area contributed by atoms with Crippen LogP contribution in [0.2, 0.25) is 0 Å². The number of allylic oxidation sites excluding steroid dienone is 1. The summed E-state index contributed by atoms with van der Waals surface area (Å²) in [5.41, 5.74) is 1.71. The highest BCUT2D eigenvalue weighted by molar-refractivity contribution is 5.99. The summed E-state index contributed by atoms with van der Waals surface area (Å²) >= 11 is 0. The summed E-state index contributed by atoms with van der Waals surface area (Å²) in [6.45, 7) is 7.70. The van der Waals surface area contributed by atoms with Crippen LogP contribution in [-0.4, -0.2) is 51.9 Å². The predicted octanol–water partition coefficient (Wildman–Crippen LogP) is 2.66. The highest BCUT2D eigenvalue weighted by Crippen LogP contribution is 2.33. The van der Waals surface area contributed by atoms with Crippen LogP contribution >= 0.6 is 0 Å². The molecule has 7 nitrogen and oxygen atoms in total. The lowest BCUT2D eigenvalue weighted by molar-refractivity contribution is -0.127. The first-order chi connectivity index (χ1) is 13.6. The van der Waals surface area contributed by atoms with E-state index in [-0.39, 0.29) is 23.7 Å². The number of cyclic esters (lactones) is 1. The van der Waals surface area contributed by atoms with Gasteiger partial charge in [0.1, 0.15) is 23.5 Å². The third-order valence-corrected chi connectivity index (χ3v) is 5.05. The molecule has 4 N–H and O–H groups in total. The largest absolute Gasteiger partial charge is 0.507 e. The maximum Gasteiger partial charge on any atom is 0.342 e. The van der Waals surface area contributed by atoms with E-state index in [2.05, 4.69) is 5.32 Å². The van der Waals surface area contributed by atoms with Crippen molar-refractivity contribution in [2.75, 3.05) is 11.9 Å². The second-order valence-corrected chi connectivity index (χ2v) is 7.31. The number of aromatic hydroxyl groups is 1. The van der Waals surface area contributed by atoms with Gasteiger partial charge in [-0.05, 0) is 50.5 Å². The van der Waals surface area contributed by atoms with Gasteiger partial charge in [-0.15, -0.1) is 0 Å². The van der Waals surface area contributed by atoms with E-state index in [0.29, 0.717) is 23.4 Å². The number of ether oxygens (including phenoxy) is 1. The molecular weight excluding hydrogens is 374 g/mol. The summed E-state index contributed by atoms with van der Waals surface area (Å²) in [5, 5.41) is 33.9. The van der Waals surface area contributed by atoms with Gasteiger partial charge in [-0.1, -0.05) is 19.1 Å². The summed E-state index contributed by atoms with van der Waals surface area (Å²) in [4.78, 5) is 24.9. The number of hydrogen-bond donors (Lipinski definition) is 4. The molecule has 0 aliphatic carbocycles. The van der Waals surface area contributed by atoms with Crippen molar-refractivity contribution in [2.45, 2.75) is 52.4 Å². The third kappa shape index (κ3) is 5.46. The van der Waals surface area contributed by atoms with E-state index in [4.69, 9.17) is 4.74 Å². The molecule has 2 rings (SSSR count). The molecule has 1 aromatic rings. The Balaban J connectivity index is 2.58. The molecule has 1 aliphatic heterocycles. The first kappa shape index (κ1) is 22.6. The van der Waals surface area contributed by atoms with Crippen LogP contribution in [0.4, 0.5) is 5.69 Å². The first-order valence-corrected chi connectivity index (χ1v) is 9.72. The molecule has 0 amide bonds. The molecule has 0 saturated heterocycles. The Morgan fingerprint density at radius 2 is 1.90 bits per heavy atom. The van der Waals surface area contributed by atoms with Gasteiger partial charge >= 0.3 is 5.97 Å². The number of aliphatic hydroxyl groups excluding tert-OH is 2. The Labute approximate surface area is 170 Å². The molecule has 158 valence electrons. The van der Waals surface area contributed by atoms with Gasteiger partial charge in [0.2, 0.25) is 0 Å². The maximum atomic E-state index is 12.8. The van der Waals surface area contributed by atoms with E-state index in [1.165, 1.54) is 18.2 Å². The van der Waals surface area contributed by atoms with Crippen LogP contribution in [0.5, 0.6) is 5.75 Å². The standard InChI is InChI=1S/C22H29NO6/c1-5-23-15-10-16-13(3)7-9-18(25)21(27)17(24)8-6-12(2)14(4)29-22(28)20(16)19(26)11-15/h6-8,10-12,14,18,21,23,25-27H,5,9H2,1-4H3/b8-6-,13-7+/t12-,14?,18?,21-/m1/s1. The molecule has 1 aromatic carbocycles. The van der Waals surface area contributed by atoms with Crippen molar-refractivity contribution in [1.29, 1.82) is 0 Å². The SMILES string of the molecule is CCNc1cc(O)c2c(c1)/C(C)=C/CC(O)[C@H](O)C(=O)/C=C\[C@@H](C)C(C)OC2=O. The fourth-order valence-corrected chi connectivity index (χ4v) is 3.02. The smallest absolute Gasteiger partial charge is 0.342 e. The summed E-state index contributed by atoms with van der Waals surface area (Å²) in [5.74, 6) is -1.82. The fraction of sp³-hybridized carbons (Fsp3) is 0.455. The maximum absolute atomic E-state index is 12.8. The molecule has 1 heterocycles. The lowest BCUT2D eigenvalue weighted by Crippen LogP contribution is -2.32. The molecule has 0 fully saturated rings. The van der Waals surface area contributed by atoms with Crippen molar-refractivity contribution in [3.63, 3.8) is 0 Å². The summed E-state index contributed by atoms with van der Waals surface area (Å²) in [7, 11) is 0. The van der Waals surface area contributed by atoms with Gasteiger partial charge in [-0.2, -0.15) is 0 Å². The molecule has 0 spiro atoms. The molecule has 0 radical (unpaired) electrons. The van der Waals surface area contributed by atoms with Gasteiger partial charge in [0.25, 0.3) is 0 Å². The summed E-state index contributed by atoms with van der Waals surface area (Å²) in [6, 6.07) is 3.19. The van der Waals surface area contributed by atoms with Crippen molar-refractivity contribution < 1.29 is 29.6 Å². The Kier molecular flexibility index (Phi) is 7.59. The summed E-state index contributed by atoms with van der Waals surface area (Å²) < 4.78 is 5.53. The molecule has 7 heteroatoms. The third-order valence-electron chi connectivity index (χ3n) is 5.05. The molecule has 2 unspecified atom stereocenters. The number of fused-ring (bicyclic) bond motifs is 1. The minimum absolute atomic E-state index is 0.000774. The van der Waals surface area contributed by atoms with Gasteiger partial charge in [0.05, 0.1) is 6.10 Å². The monoisotopic (exact) mass is 403 g/mol. The van der Waals surface area contributed by atoms with Crippen molar-refractivity contribution in [3.05, 3.63) is 41.5 Å². The zero-order valence-electron chi connectivity index (χ0n) is 17.2.